The zero-order chi connectivity index (χ0) is 16.4. The van der Waals surface area contributed by atoms with Gasteiger partial charge in [-0.25, -0.2) is 8.78 Å². The summed E-state index contributed by atoms with van der Waals surface area (Å²) in [5.74, 6) is -2.09. The molecule has 116 valence electrons. The van der Waals surface area contributed by atoms with Gasteiger partial charge in [0, 0.05) is 17.1 Å². The van der Waals surface area contributed by atoms with Crippen LogP contribution >= 0.6 is 0 Å². The molecule has 0 saturated carbocycles. The van der Waals surface area contributed by atoms with Gasteiger partial charge in [0.05, 0.1) is 11.7 Å². The summed E-state index contributed by atoms with van der Waals surface area (Å²) in [5, 5.41) is 6.75. The van der Waals surface area contributed by atoms with E-state index in [1.165, 1.54) is 4.68 Å². The Labute approximate surface area is 129 Å². The van der Waals surface area contributed by atoms with Gasteiger partial charge < -0.3 is 5.32 Å². The fourth-order valence-electron chi connectivity index (χ4n) is 2.25. The first kappa shape index (κ1) is 14.8. The third kappa shape index (κ3) is 3.23. The normalized spacial score (nSPS) is 10.7. The summed E-state index contributed by atoms with van der Waals surface area (Å²) in [6, 6.07) is 9.47. The van der Waals surface area contributed by atoms with E-state index in [4.69, 9.17) is 0 Å². The Morgan fingerprint density at radius 3 is 2.57 bits per heavy atom. The lowest BCUT2D eigenvalue weighted by Gasteiger charge is -2.10. The van der Waals surface area contributed by atoms with Crippen LogP contribution in [0.25, 0.3) is 10.9 Å². The number of hydrogen-bond acceptors (Lipinski definition) is 3. The van der Waals surface area contributed by atoms with Crippen molar-refractivity contribution in [2.45, 2.75) is 6.54 Å². The highest BCUT2D eigenvalue weighted by Gasteiger charge is 2.09. The third-order valence-electron chi connectivity index (χ3n) is 3.20. The molecule has 0 aliphatic carbocycles. The van der Waals surface area contributed by atoms with Crippen LogP contribution in [-0.2, 0) is 11.3 Å². The molecular formula is C16H11F2N3O2. The summed E-state index contributed by atoms with van der Waals surface area (Å²) >= 11 is 0. The van der Waals surface area contributed by atoms with Crippen LogP contribution in [0, 0.1) is 11.6 Å². The molecule has 0 atom stereocenters. The van der Waals surface area contributed by atoms with Crippen LogP contribution in [0.4, 0.5) is 14.5 Å². The number of para-hydroxylation sites is 1. The number of fused-ring (bicyclic) bond motifs is 1. The fraction of sp³-hybridized carbons (Fsp3) is 0.0625. The molecule has 7 heteroatoms. The van der Waals surface area contributed by atoms with Crippen LogP contribution in [0.3, 0.4) is 0 Å². The monoisotopic (exact) mass is 315 g/mol. The minimum Gasteiger partial charge on any atom is -0.324 e. The Bertz CT molecular complexity index is 933. The van der Waals surface area contributed by atoms with Crippen LogP contribution < -0.4 is 10.7 Å². The first-order valence-corrected chi connectivity index (χ1v) is 6.74. The number of amides is 1. The minimum atomic E-state index is -0.785. The number of carbonyl (C=O) groups is 1. The highest BCUT2D eigenvalue weighted by Crippen LogP contribution is 2.13. The lowest BCUT2D eigenvalue weighted by atomic mass is 10.2. The molecule has 0 radical (unpaired) electrons. The molecule has 23 heavy (non-hydrogen) atoms. The smallest absolute Gasteiger partial charge is 0.246 e. The molecule has 0 fully saturated rings. The number of nitrogens with one attached hydrogen (secondary N) is 1. The van der Waals surface area contributed by atoms with E-state index in [9.17, 15) is 18.4 Å². The van der Waals surface area contributed by atoms with Crippen molar-refractivity contribution in [3.05, 3.63) is 70.5 Å². The Morgan fingerprint density at radius 2 is 1.83 bits per heavy atom. The predicted molar refractivity (Wildman–Crippen MR) is 81.0 cm³/mol. The number of carbonyl (C=O) groups excluding carboxylic acids is 1. The fourth-order valence-corrected chi connectivity index (χ4v) is 2.25. The van der Waals surface area contributed by atoms with Gasteiger partial charge >= 0.3 is 0 Å². The second-order valence-electron chi connectivity index (χ2n) is 4.89. The molecule has 2 aromatic carbocycles. The van der Waals surface area contributed by atoms with Crippen LogP contribution in [-0.4, -0.2) is 15.7 Å². The second-order valence-corrected chi connectivity index (χ2v) is 4.89. The summed E-state index contributed by atoms with van der Waals surface area (Å²) in [6.45, 7) is -0.196. The second kappa shape index (κ2) is 5.96. The quantitative estimate of drug-likeness (QED) is 0.807. The van der Waals surface area contributed by atoms with Gasteiger partial charge in [-0.15, -0.1) is 0 Å². The molecule has 1 heterocycles. The largest absolute Gasteiger partial charge is 0.324 e. The topological polar surface area (TPSA) is 64.0 Å². The maximum absolute atomic E-state index is 13.1. The Hall–Kier alpha value is -3.09. The lowest BCUT2D eigenvalue weighted by Crippen LogP contribution is -2.22. The Morgan fingerprint density at radius 1 is 1.13 bits per heavy atom. The number of benzene rings is 2. The van der Waals surface area contributed by atoms with Crippen LogP contribution in [0.15, 0.2) is 53.5 Å². The summed E-state index contributed by atoms with van der Waals surface area (Å²) in [6.07, 6.45) is 1.12. The van der Waals surface area contributed by atoms with Crippen molar-refractivity contribution in [2.75, 3.05) is 5.32 Å². The van der Waals surface area contributed by atoms with Crippen LogP contribution in [0.2, 0.25) is 0 Å². The van der Waals surface area contributed by atoms with E-state index in [0.29, 0.717) is 17.0 Å². The van der Waals surface area contributed by atoms with Gasteiger partial charge in [-0.3, -0.25) is 14.3 Å². The van der Waals surface area contributed by atoms with Crippen molar-refractivity contribution in [2.24, 2.45) is 0 Å². The molecule has 5 nitrogen and oxygen atoms in total. The number of anilines is 1. The Kier molecular flexibility index (Phi) is 3.84. The van der Waals surface area contributed by atoms with Gasteiger partial charge in [0.2, 0.25) is 11.3 Å². The van der Waals surface area contributed by atoms with Gasteiger partial charge in [-0.2, -0.15) is 5.10 Å². The highest BCUT2D eigenvalue weighted by atomic mass is 19.1. The highest BCUT2D eigenvalue weighted by molar-refractivity contribution is 5.91. The molecule has 3 aromatic rings. The van der Waals surface area contributed by atoms with Gasteiger partial charge in [0.1, 0.15) is 18.2 Å². The van der Waals surface area contributed by atoms with Crippen molar-refractivity contribution >= 4 is 22.5 Å². The molecule has 1 amide bonds. The van der Waals surface area contributed by atoms with E-state index < -0.39 is 17.5 Å². The Balaban J connectivity index is 1.86. The van der Waals surface area contributed by atoms with E-state index in [2.05, 4.69) is 10.4 Å². The lowest BCUT2D eigenvalue weighted by molar-refractivity contribution is -0.116. The number of nitrogens with zero attached hydrogens (tertiary/aromatic N) is 2. The van der Waals surface area contributed by atoms with Crippen molar-refractivity contribution in [1.82, 2.24) is 9.78 Å². The molecular weight excluding hydrogens is 304 g/mol. The van der Waals surface area contributed by atoms with E-state index in [1.807, 2.05) is 0 Å². The van der Waals surface area contributed by atoms with E-state index in [-0.39, 0.29) is 17.7 Å². The van der Waals surface area contributed by atoms with Crippen LogP contribution in [0.1, 0.15) is 0 Å². The summed E-state index contributed by atoms with van der Waals surface area (Å²) in [4.78, 5) is 23.8. The maximum Gasteiger partial charge on any atom is 0.246 e. The molecule has 0 bridgehead atoms. The summed E-state index contributed by atoms with van der Waals surface area (Å²) in [7, 11) is 0. The molecule has 0 aliphatic heterocycles. The van der Waals surface area contributed by atoms with E-state index >= 15 is 0 Å². The first-order valence-electron chi connectivity index (χ1n) is 6.74. The van der Waals surface area contributed by atoms with E-state index in [1.54, 1.807) is 24.3 Å². The molecule has 3 rings (SSSR count). The van der Waals surface area contributed by atoms with Crippen molar-refractivity contribution in [1.29, 1.82) is 0 Å². The van der Waals surface area contributed by atoms with Gasteiger partial charge in [0.15, 0.2) is 0 Å². The number of hydrogen-bond donors (Lipinski definition) is 1. The molecule has 0 unspecified atom stereocenters. The van der Waals surface area contributed by atoms with Crippen molar-refractivity contribution in [3.8, 4) is 0 Å². The van der Waals surface area contributed by atoms with E-state index in [0.717, 1.165) is 18.3 Å². The number of aromatic nitrogens is 2. The van der Waals surface area contributed by atoms with Crippen LogP contribution in [0.5, 0.6) is 0 Å². The molecule has 1 aromatic heterocycles. The standard InChI is InChI=1S/C16H11F2N3O2/c17-10-5-11(18)7-12(6-10)20-16(23)9-21-14-4-2-1-3-13(14)15(22)8-19-21/h1-8H,9H2,(H,20,23). The molecule has 1 N–H and O–H groups in total. The number of halogens is 2. The zero-order valence-electron chi connectivity index (χ0n) is 11.8. The average molecular weight is 315 g/mol. The zero-order valence-corrected chi connectivity index (χ0v) is 11.8. The molecule has 0 aliphatic rings. The van der Waals surface area contributed by atoms with Crippen molar-refractivity contribution in [3.63, 3.8) is 0 Å². The third-order valence-corrected chi connectivity index (χ3v) is 3.20. The summed E-state index contributed by atoms with van der Waals surface area (Å²) < 4.78 is 27.6. The molecule has 0 spiro atoms. The van der Waals surface area contributed by atoms with Gasteiger partial charge in [-0.1, -0.05) is 12.1 Å². The van der Waals surface area contributed by atoms with Crippen molar-refractivity contribution < 1.29 is 13.6 Å². The first-order chi connectivity index (χ1) is 11.0. The predicted octanol–water partition coefficient (Wildman–Crippen LogP) is 2.31. The summed E-state index contributed by atoms with van der Waals surface area (Å²) in [5.41, 5.74) is 0.267. The SMILES string of the molecule is O=C(Cn1ncc(=O)c2ccccc21)Nc1cc(F)cc(F)c1. The van der Waals surface area contributed by atoms with Gasteiger partial charge in [0.25, 0.3) is 0 Å². The van der Waals surface area contributed by atoms with Gasteiger partial charge in [-0.05, 0) is 24.3 Å². The minimum absolute atomic E-state index is 0.0119. The number of rotatable bonds is 3. The average Bonchev–Trinajstić information content (AvgIpc) is 2.49. The molecule has 0 saturated heterocycles. The maximum atomic E-state index is 13.1.